The van der Waals surface area contributed by atoms with Crippen LogP contribution in [0, 0.1) is 6.92 Å². The van der Waals surface area contributed by atoms with Crippen LogP contribution in [0.4, 0.5) is 8.78 Å². The van der Waals surface area contributed by atoms with E-state index < -0.39 is 17.5 Å². The molecule has 0 aliphatic rings. The predicted molar refractivity (Wildman–Crippen MR) is 91.6 cm³/mol. The number of carbonyl (C=O) groups is 1. The number of rotatable bonds is 4. The van der Waals surface area contributed by atoms with Gasteiger partial charge in [-0.25, -0.2) is 4.79 Å². The van der Waals surface area contributed by atoms with Gasteiger partial charge < -0.3 is 5.11 Å². The molecule has 0 aliphatic heterocycles. The molecule has 0 bridgehead atoms. The van der Waals surface area contributed by atoms with Crippen LogP contribution in [-0.4, -0.2) is 20.9 Å². The molecule has 0 spiro atoms. The van der Waals surface area contributed by atoms with E-state index in [9.17, 15) is 13.6 Å². The first-order chi connectivity index (χ1) is 11.7. The lowest BCUT2D eigenvalue weighted by atomic mass is 10.1. The largest absolute Gasteiger partial charge is 0.477 e. The Bertz CT molecular complexity index is 966. The lowest BCUT2D eigenvalue weighted by Gasteiger charge is -2.12. The van der Waals surface area contributed by atoms with Crippen molar-refractivity contribution in [1.82, 2.24) is 9.78 Å². The Balaban J connectivity index is 2.14. The SMILES string of the molecule is Cc1nn(Cc2c(Cl)cccc2Cl)c2cc(C(F)(F)C(=O)O)ccc12. The summed E-state index contributed by atoms with van der Waals surface area (Å²) in [7, 11) is 0. The van der Waals surface area contributed by atoms with Gasteiger partial charge in [0.2, 0.25) is 0 Å². The molecule has 2 aromatic carbocycles. The van der Waals surface area contributed by atoms with E-state index in [1.807, 2.05) is 0 Å². The standard InChI is InChI=1S/C17H12Cl2F2N2O2/c1-9-11-6-5-10(17(20,21)16(24)25)7-15(11)23(22-9)8-12-13(18)3-2-4-14(12)19/h2-7H,8H2,1H3,(H,24,25). The fourth-order valence-electron chi connectivity index (χ4n) is 2.61. The van der Waals surface area contributed by atoms with Gasteiger partial charge in [-0.3, -0.25) is 4.68 Å². The summed E-state index contributed by atoms with van der Waals surface area (Å²) in [5.74, 6) is -6.19. The molecule has 0 saturated carbocycles. The first-order valence-corrected chi connectivity index (χ1v) is 7.99. The second kappa shape index (κ2) is 6.28. The molecule has 1 aromatic heterocycles. The number of fused-ring (bicyclic) bond motifs is 1. The highest BCUT2D eigenvalue weighted by Crippen LogP contribution is 2.32. The number of halogens is 4. The maximum Gasteiger partial charge on any atom is 0.379 e. The molecule has 4 nitrogen and oxygen atoms in total. The maximum atomic E-state index is 13.8. The number of alkyl halides is 2. The summed E-state index contributed by atoms with van der Waals surface area (Å²) in [5.41, 5.74) is 1.000. The van der Waals surface area contributed by atoms with Gasteiger partial charge in [0.05, 0.1) is 17.8 Å². The Labute approximate surface area is 151 Å². The summed E-state index contributed by atoms with van der Waals surface area (Å²) in [6.45, 7) is 1.91. The van der Waals surface area contributed by atoms with Crippen LogP contribution in [0.1, 0.15) is 16.8 Å². The van der Waals surface area contributed by atoms with Crippen LogP contribution in [-0.2, 0) is 17.3 Å². The third kappa shape index (κ3) is 3.07. The van der Waals surface area contributed by atoms with Crippen LogP contribution in [0.15, 0.2) is 36.4 Å². The molecule has 0 unspecified atom stereocenters. The average molecular weight is 385 g/mol. The lowest BCUT2D eigenvalue weighted by molar-refractivity contribution is -0.166. The highest BCUT2D eigenvalue weighted by atomic mass is 35.5. The Morgan fingerprint density at radius 3 is 2.48 bits per heavy atom. The van der Waals surface area contributed by atoms with E-state index in [0.717, 1.165) is 12.1 Å². The topological polar surface area (TPSA) is 55.1 Å². The third-order valence-corrected chi connectivity index (χ3v) is 4.65. The van der Waals surface area contributed by atoms with Gasteiger partial charge >= 0.3 is 11.9 Å². The molecule has 0 saturated heterocycles. The fraction of sp³-hybridized carbons (Fsp3) is 0.176. The van der Waals surface area contributed by atoms with Crippen molar-refractivity contribution < 1.29 is 18.7 Å². The quantitative estimate of drug-likeness (QED) is 0.697. The van der Waals surface area contributed by atoms with E-state index in [-0.39, 0.29) is 6.54 Å². The fourth-order valence-corrected chi connectivity index (χ4v) is 3.13. The highest BCUT2D eigenvalue weighted by molar-refractivity contribution is 6.36. The number of carboxylic acid groups (broad SMARTS) is 1. The van der Waals surface area contributed by atoms with Crippen molar-refractivity contribution in [3.63, 3.8) is 0 Å². The molecule has 0 amide bonds. The van der Waals surface area contributed by atoms with Gasteiger partial charge in [0.25, 0.3) is 0 Å². The smallest absolute Gasteiger partial charge is 0.379 e. The third-order valence-electron chi connectivity index (χ3n) is 3.94. The minimum Gasteiger partial charge on any atom is -0.477 e. The molecular formula is C17H12Cl2F2N2O2. The van der Waals surface area contributed by atoms with Crippen molar-refractivity contribution in [3.05, 3.63) is 63.3 Å². The Morgan fingerprint density at radius 2 is 1.88 bits per heavy atom. The molecule has 3 aromatic rings. The van der Waals surface area contributed by atoms with Crippen LogP contribution in [0.2, 0.25) is 10.0 Å². The number of aryl methyl sites for hydroxylation is 1. The molecule has 8 heteroatoms. The molecule has 1 heterocycles. The van der Waals surface area contributed by atoms with Gasteiger partial charge in [0.1, 0.15) is 0 Å². The number of aromatic nitrogens is 2. The minimum atomic E-state index is -3.99. The van der Waals surface area contributed by atoms with Crippen LogP contribution in [0.25, 0.3) is 10.9 Å². The Morgan fingerprint density at radius 1 is 1.24 bits per heavy atom. The maximum absolute atomic E-state index is 13.8. The second-order valence-corrected chi connectivity index (χ2v) is 6.37. The van der Waals surface area contributed by atoms with Gasteiger partial charge in [-0.15, -0.1) is 0 Å². The zero-order valence-electron chi connectivity index (χ0n) is 12.9. The van der Waals surface area contributed by atoms with Gasteiger partial charge in [-0.05, 0) is 25.1 Å². The second-order valence-electron chi connectivity index (χ2n) is 5.55. The van der Waals surface area contributed by atoms with Gasteiger partial charge in [0.15, 0.2) is 0 Å². The summed E-state index contributed by atoms with van der Waals surface area (Å²) >= 11 is 12.3. The Kier molecular flexibility index (Phi) is 4.43. The summed E-state index contributed by atoms with van der Waals surface area (Å²) in [5, 5.41) is 14.6. The summed E-state index contributed by atoms with van der Waals surface area (Å²) in [4.78, 5) is 10.8. The van der Waals surface area contributed by atoms with Crippen molar-refractivity contribution in [2.24, 2.45) is 0 Å². The molecule has 130 valence electrons. The first kappa shape index (κ1) is 17.6. The van der Waals surface area contributed by atoms with Gasteiger partial charge in [-0.1, -0.05) is 41.4 Å². The van der Waals surface area contributed by atoms with Crippen molar-refractivity contribution >= 4 is 40.1 Å². The number of hydrogen-bond donors (Lipinski definition) is 1. The van der Waals surface area contributed by atoms with Crippen LogP contribution < -0.4 is 0 Å². The number of aliphatic carboxylic acids is 1. The zero-order chi connectivity index (χ0) is 18.4. The summed E-state index contributed by atoms with van der Waals surface area (Å²) < 4.78 is 29.1. The molecule has 0 aliphatic carbocycles. The molecule has 1 N–H and O–H groups in total. The van der Waals surface area contributed by atoms with Crippen LogP contribution in [0.3, 0.4) is 0 Å². The van der Waals surface area contributed by atoms with E-state index in [1.54, 1.807) is 25.1 Å². The summed E-state index contributed by atoms with van der Waals surface area (Å²) in [6.07, 6.45) is 0. The van der Waals surface area contributed by atoms with E-state index in [0.29, 0.717) is 32.2 Å². The minimum absolute atomic E-state index is 0.172. The molecule has 3 rings (SSSR count). The number of nitrogens with zero attached hydrogens (tertiary/aromatic N) is 2. The monoisotopic (exact) mass is 384 g/mol. The van der Waals surface area contributed by atoms with Crippen molar-refractivity contribution in [2.75, 3.05) is 0 Å². The van der Waals surface area contributed by atoms with Crippen molar-refractivity contribution in [2.45, 2.75) is 19.4 Å². The lowest BCUT2D eigenvalue weighted by Crippen LogP contribution is -2.25. The average Bonchev–Trinajstić information content (AvgIpc) is 2.86. The number of benzene rings is 2. The van der Waals surface area contributed by atoms with E-state index in [4.69, 9.17) is 28.3 Å². The molecule has 0 fully saturated rings. The zero-order valence-corrected chi connectivity index (χ0v) is 14.4. The van der Waals surface area contributed by atoms with E-state index in [1.165, 1.54) is 10.7 Å². The van der Waals surface area contributed by atoms with Crippen LogP contribution in [0.5, 0.6) is 0 Å². The van der Waals surface area contributed by atoms with Gasteiger partial charge in [0, 0.05) is 26.6 Å². The van der Waals surface area contributed by atoms with Crippen LogP contribution >= 0.6 is 23.2 Å². The van der Waals surface area contributed by atoms with Gasteiger partial charge in [-0.2, -0.15) is 13.9 Å². The molecule has 0 atom stereocenters. The molecule has 25 heavy (non-hydrogen) atoms. The molecular weight excluding hydrogens is 373 g/mol. The van der Waals surface area contributed by atoms with E-state index in [2.05, 4.69) is 5.10 Å². The number of hydrogen-bond acceptors (Lipinski definition) is 2. The van der Waals surface area contributed by atoms with Crippen molar-refractivity contribution in [1.29, 1.82) is 0 Å². The van der Waals surface area contributed by atoms with E-state index >= 15 is 0 Å². The number of carboxylic acids is 1. The predicted octanol–water partition coefficient (Wildman–Crippen LogP) is 4.88. The first-order valence-electron chi connectivity index (χ1n) is 7.23. The highest BCUT2D eigenvalue weighted by Gasteiger charge is 2.41. The molecule has 0 radical (unpaired) electrons. The normalized spacial score (nSPS) is 11.9. The van der Waals surface area contributed by atoms with Crippen molar-refractivity contribution in [3.8, 4) is 0 Å². The Hall–Kier alpha value is -2.18. The summed E-state index contributed by atoms with van der Waals surface area (Å²) in [6, 6.07) is 8.71.